The molecule has 0 bridgehead atoms. The van der Waals surface area contributed by atoms with E-state index in [9.17, 15) is 4.79 Å². The molecule has 0 saturated heterocycles. The lowest BCUT2D eigenvalue weighted by Gasteiger charge is -2.13. The average molecular weight is 401 g/mol. The second-order valence-corrected chi connectivity index (χ2v) is 8.03. The van der Waals surface area contributed by atoms with Crippen LogP contribution in [0.1, 0.15) is 65.2 Å². The zero-order chi connectivity index (χ0) is 20.9. The molecule has 0 aromatic rings. The second kappa shape index (κ2) is 21.0. The molecule has 0 spiro atoms. The van der Waals surface area contributed by atoms with Gasteiger partial charge in [0, 0.05) is 6.54 Å². The maximum Gasteiger partial charge on any atom is 0.236 e. The molecule has 0 radical (unpaired) electrons. The first kappa shape index (κ1) is 27.3. The van der Waals surface area contributed by atoms with Gasteiger partial charge in [-0.25, -0.2) is 0 Å². The van der Waals surface area contributed by atoms with Crippen molar-refractivity contribution in [2.45, 2.75) is 71.3 Å². The number of carbonyl (C=O) groups is 1. The fourth-order valence-electron chi connectivity index (χ4n) is 2.79. The van der Waals surface area contributed by atoms with Crippen molar-refractivity contribution < 1.29 is 4.79 Å². The van der Waals surface area contributed by atoms with E-state index in [0.29, 0.717) is 6.54 Å². The summed E-state index contributed by atoms with van der Waals surface area (Å²) in [4.78, 5) is 12.0. The van der Waals surface area contributed by atoms with Gasteiger partial charge in [-0.05, 0) is 96.7 Å². The topological polar surface area (TPSA) is 117 Å². The summed E-state index contributed by atoms with van der Waals surface area (Å²) >= 11 is 0. The molecule has 0 aromatic heterocycles. The molecule has 7 heteroatoms. The Hall–Kier alpha value is -0.730. The minimum Gasteiger partial charge on any atom is -0.355 e. The Morgan fingerprint density at radius 2 is 1.25 bits per heavy atom. The average Bonchev–Trinajstić information content (AvgIpc) is 2.67. The minimum absolute atomic E-state index is 0.0173. The van der Waals surface area contributed by atoms with E-state index in [-0.39, 0.29) is 11.9 Å². The molecular weight excluding hydrogens is 352 g/mol. The van der Waals surface area contributed by atoms with Crippen LogP contribution in [0.2, 0.25) is 0 Å². The molecule has 0 heterocycles. The third kappa shape index (κ3) is 20.0. The summed E-state index contributed by atoms with van der Waals surface area (Å²) in [5.41, 5.74) is 11.4. The quantitative estimate of drug-likeness (QED) is 0.160. The molecule has 0 fully saturated rings. The summed E-state index contributed by atoms with van der Waals surface area (Å²) in [5, 5.41) is 13.2. The Labute approximate surface area is 173 Å². The summed E-state index contributed by atoms with van der Waals surface area (Å²) in [6.45, 7) is 12.0. The van der Waals surface area contributed by atoms with Crippen LogP contribution < -0.4 is 32.7 Å². The van der Waals surface area contributed by atoms with E-state index in [1.54, 1.807) is 0 Å². The van der Waals surface area contributed by atoms with Crippen LogP contribution in [0.4, 0.5) is 0 Å². The smallest absolute Gasteiger partial charge is 0.236 e. The van der Waals surface area contributed by atoms with E-state index >= 15 is 0 Å². The lowest BCUT2D eigenvalue weighted by molar-refractivity contribution is -0.122. The highest BCUT2D eigenvalue weighted by Gasteiger charge is 2.11. The van der Waals surface area contributed by atoms with Crippen molar-refractivity contribution in [1.82, 2.24) is 21.3 Å². The second-order valence-electron chi connectivity index (χ2n) is 8.03. The van der Waals surface area contributed by atoms with Crippen LogP contribution in [0.3, 0.4) is 0 Å². The molecule has 168 valence electrons. The van der Waals surface area contributed by atoms with E-state index < -0.39 is 0 Å². The molecule has 0 aromatic carbocycles. The molecule has 28 heavy (non-hydrogen) atoms. The van der Waals surface area contributed by atoms with Gasteiger partial charge in [-0.2, -0.15) is 0 Å². The van der Waals surface area contributed by atoms with Crippen molar-refractivity contribution in [2.24, 2.45) is 17.4 Å². The molecular formula is C21H48N6O. The molecule has 0 aliphatic rings. The number of hydrogen-bond donors (Lipinski definition) is 6. The van der Waals surface area contributed by atoms with E-state index in [0.717, 1.165) is 83.8 Å². The van der Waals surface area contributed by atoms with Gasteiger partial charge in [0.1, 0.15) is 0 Å². The highest BCUT2D eigenvalue weighted by atomic mass is 16.2. The van der Waals surface area contributed by atoms with Crippen molar-refractivity contribution in [3.8, 4) is 0 Å². The minimum atomic E-state index is -0.379. The highest BCUT2D eigenvalue weighted by Crippen LogP contribution is 2.00. The van der Waals surface area contributed by atoms with Crippen molar-refractivity contribution >= 4 is 5.91 Å². The van der Waals surface area contributed by atoms with Crippen molar-refractivity contribution in [3.05, 3.63) is 0 Å². The Balaban J connectivity index is 3.32. The number of unbranched alkanes of at least 4 members (excludes halogenated alkanes) is 2. The molecule has 0 unspecified atom stereocenters. The summed E-state index contributed by atoms with van der Waals surface area (Å²) < 4.78 is 0. The summed E-state index contributed by atoms with van der Waals surface area (Å²) in [6.07, 6.45) is 8.36. The third-order valence-corrected chi connectivity index (χ3v) is 4.70. The Morgan fingerprint density at radius 3 is 1.86 bits per heavy atom. The monoisotopic (exact) mass is 400 g/mol. The van der Waals surface area contributed by atoms with Gasteiger partial charge >= 0.3 is 0 Å². The van der Waals surface area contributed by atoms with Crippen LogP contribution in [0, 0.1) is 5.92 Å². The van der Waals surface area contributed by atoms with E-state index in [1.165, 1.54) is 19.3 Å². The first-order valence-electron chi connectivity index (χ1n) is 11.4. The van der Waals surface area contributed by atoms with Gasteiger partial charge in [0.15, 0.2) is 0 Å². The number of nitrogens with one attached hydrogen (secondary N) is 4. The summed E-state index contributed by atoms with van der Waals surface area (Å²) in [7, 11) is 0. The van der Waals surface area contributed by atoms with Gasteiger partial charge in [-0.1, -0.05) is 20.3 Å². The van der Waals surface area contributed by atoms with E-state index in [1.807, 2.05) is 0 Å². The predicted molar refractivity (Wildman–Crippen MR) is 120 cm³/mol. The van der Waals surface area contributed by atoms with Gasteiger partial charge in [0.05, 0.1) is 6.04 Å². The lowest BCUT2D eigenvalue weighted by Crippen LogP contribution is -2.41. The maximum absolute atomic E-state index is 12.0. The highest BCUT2D eigenvalue weighted by molar-refractivity contribution is 5.81. The van der Waals surface area contributed by atoms with E-state index in [2.05, 4.69) is 35.1 Å². The standard InChI is InChI=1S/C21H48N6O/c1-19(2)10-18-26-12-4-3-9-20(23)21(28)27-17-8-16-25-14-6-5-13-24-15-7-11-22/h19-20,24-26H,3-18,22-23H2,1-2H3,(H,27,28)/t20-/m1/s1. The molecule has 0 saturated carbocycles. The zero-order valence-corrected chi connectivity index (χ0v) is 18.5. The van der Waals surface area contributed by atoms with Gasteiger partial charge in [0.2, 0.25) is 5.91 Å². The van der Waals surface area contributed by atoms with Crippen molar-refractivity contribution in [1.29, 1.82) is 0 Å². The first-order chi connectivity index (χ1) is 13.6. The number of amides is 1. The van der Waals surface area contributed by atoms with Crippen molar-refractivity contribution in [3.63, 3.8) is 0 Å². The largest absolute Gasteiger partial charge is 0.355 e. The van der Waals surface area contributed by atoms with Crippen LogP contribution in [0.25, 0.3) is 0 Å². The normalized spacial score (nSPS) is 12.5. The molecule has 1 amide bonds. The number of hydrogen-bond acceptors (Lipinski definition) is 6. The molecule has 7 nitrogen and oxygen atoms in total. The van der Waals surface area contributed by atoms with Gasteiger partial charge in [-0.3, -0.25) is 4.79 Å². The number of carbonyl (C=O) groups excluding carboxylic acids is 1. The van der Waals surface area contributed by atoms with Crippen LogP contribution in [0.15, 0.2) is 0 Å². The lowest BCUT2D eigenvalue weighted by atomic mass is 10.1. The van der Waals surface area contributed by atoms with Gasteiger partial charge in [0.25, 0.3) is 0 Å². The Bertz CT molecular complexity index is 341. The fourth-order valence-corrected chi connectivity index (χ4v) is 2.79. The van der Waals surface area contributed by atoms with Crippen LogP contribution in [-0.4, -0.2) is 64.3 Å². The Morgan fingerprint density at radius 1 is 0.714 bits per heavy atom. The van der Waals surface area contributed by atoms with Crippen LogP contribution in [-0.2, 0) is 4.79 Å². The van der Waals surface area contributed by atoms with E-state index in [4.69, 9.17) is 11.5 Å². The molecule has 0 rings (SSSR count). The molecule has 0 aliphatic heterocycles. The van der Waals surface area contributed by atoms with Crippen LogP contribution >= 0.6 is 0 Å². The zero-order valence-electron chi connectivity index (χ0n) is 18.5. The van der Waals surface area contributed by atoms with Crippen molar-refractivity contribution in [2.75, 3.05) is 52.4 Å². The SMILES string of the molecule is CC(C)CCNCCCC[C@@H](N)C(=O)NCCCNCCCCNCCCN. The first-order valence-corrected chi connectivity index (χ1v) is 11.4. The Kier molecular flexibility index (Phi) is 20.4. The maximum atomic E-state index is 12.0. The fraction of sp³-hybridized carbons (Fsp3) is 0.952. The number of rotatable bonds is 21. The van der Waals surface area contributed by atoms with Gasteiger partial charge in [-0.15, -0.1) is 0 Å². The van der Waals surface area contributed by atoms with Gasteiger partial charge < -0.3 is 32.7 Å². The van der Waals surface area contributed by atoms with Crippen LogP contribution in [0.5, 0.6) is 0 Å². The molecule has 1 atom stereocenters. The third-order valence-electron chi connectivity index (χ3n) is 4.70. The number of nitrogens with two attached hydrogens (primary N) is 2. The summed E-state index contributed by atoms with van der Waals surface area (Å²) in [5.74, 6) is 0.727. The molecule has 8 N–H and O–H groups in total. The predicted octanol–water partition coefficient (Wildman–Crippen LogP) is 0.934. The summed E-state index contributed by atoms with van der Waals surface area (Å²) in [6, 6.07) is -0.379. The molecule has 0 aliphatic carbocycles.